The van der Waals surface area contributed by atoms with Crippen molar-refractivity contribution in [3.8, 4) is 0 Å². The molecule has 0 aromatic carbocycles. The van der Waals surface area contributed by atoms with E-state index < -0.39 is 11.8 Å². The molecule has 0 saturated carbocycles. The fourth-order valence-corrected chi connectivity index (χ4v) is 2.60. The molecule has 0 aromatic rings. The van der Waals surface area contributed by atoms with E-state index in [0.29, 0.717) is 6.42 Å². The third kappa shape index (κ3) is 3.42. The summed E-state index contributed by atoms with van der Waals surface area (Å²) in [5, 5.41) is 0. The molecule has 104 valence electrons. The zero-order valence-electron chi connectivity index (χ0n) is 10.7. The SMILES string of the molecule is CCCCCC1=C(C(=O)OC)C(=O)C(Br)=C(Br)C1=O. The quantitative estimate of drug-likeness (QED) is 0.311. The molecular weight excluding hydrogens is 380 g/mol. The van der Waals surface area contributed by atoms with Gasteiger partial charge in [-0.25, -0.2) is 4.79 Å². The Morgan fingerprint density at radius 3 is 2.21 bits per heavy atom. The van der Waals surface area contributed by atoms with E-state index in [1.54, 1.807) is 0 Å². The third-order valence-electron chi connectivity index (χ3n) is 2.81. The van der Waals surface area contributed by atoms with Crippen molar-refractivity contribution >= 4 is 49.4 Å². The van der Waals surface area contributed by atoms with E-state index in [2.05, 4.69) is 36.6 Å². The van der Waals surface area contributed by atoms with Gasteiger partial charge in [0.05, 0.1) is 16.1 Å². The van der Waals surface area contributed by atoms with Crippen molar-refractivity contribution in [3.05, 3.63) is 20.1 Å². The molecule has 1 aliphatic carbocycles. The number of Topliss-reactive ketones (excluding diaryl/α,β-unsaturated/α-hetero) is 2. The van der Waals surface area contributed by atoms with Gasteiger partial charge >= 0.3 is 5.97 Å². The predicted octanol–water partition coefficient (Wildman–Crippen LogP) is 3.19. The molecule has 0 amide bonds. The largest absolute Gasteiger partial charge is 0.465 e. The molecule has 0 N–H and O–H groups in total. The summed E-state index contributed by atoms with van der Waals surface area (Å²) in [4.78, 5) is 35.9. The van der Waals surface area contributed by atoms with Crippen molar-refractivity contribution in [1.29, 1.82) is 0 Å². The molecule has 1 rings (SSSR count). The molecule has 0 saturated heterocycles. The molecule has 19 heavy (non-hydrogen) atoms. The van der Waals surface area contributed by atoms with Crippen LogP contribution in [0.15, 0.2) is 20.1 Å². The first-order chi connectivity index (χ1) is 8.95. The van der Waals surface area contributed by atoms with Crippen LogP contribution in [0.25, 0.3) is 0 Å². The first-order valence-electron chi connectivity index (χ1n) is 5.91. The van der Waals surface area contributed by atoms with Gasteiger partial charge in [0.1, 0.15) is 5.57 Å². The van der Waals surface area contributed by atoms with E-state index in [-0.39, 0.29) is 25.9 Å². The number of rotatable bonds is 5. The lowest BCUT2D eigenvalue weighted by Gasteiger charge is -2.17. The van der Waals surface area contributed by atoms with Crippen LogP contribution in [0.1, 0.15) is 32.6 Å². The Kier molecular flexibility index (Phi) is 6.13. The highest BCUT2D eigenvalue weighted by atomic mass is 79.9. The minimum absolute atomic E-state index is 0.0668. The summed E-state index contributed by atoms with van der Waals surface area (Å²) in [6, 6.07) is 0. The molecule has 0 radical (unpaired) electrons. The number of hydrogen-bond donors (Lipinski definition) is 0. The van der Waals surface area contributed by atoms with E-state index >= 15 is 0 Å². The van der Waals surface area contributed by atoms with Crippen molar-refractivity contribution in [2.75, 3.05) is 7.11 Å². The summed E-state index contributed by atoms with van der Waals surface area (Å²) in [7, 11) is 1.19. The number of allylic oxidation sites excluding steroid dienone is 3. The standard InChI is InChI=1S/C13H14Br2O4/c1-3-4-5-6-7-8(13(18)19-2)12(17)10(15)9(14)11(7)16/h3-6H2,1-2H3. The maximum absolute atomic E-state index is 12.2. The fraction of sp³-hybridized carbons (Fsp3) is 0.462. The van der Waals surface area contributed by atoms with Gasteiger partial charge < -0.3 is 4.74 Å². The smallest absolute Gasteiger partial charge is 0.342 e. The molecule has 6 heteroatoms. The second kappa shape index (κ2) is 7.14. The Balaban J connectivity index is 3.19. The van der Waals surface area contributed by atoms with Gasteiger partial charge in [-0.2, -0.15) is 0 Å². The summed E-state index contributed by atoms with van der Waals surface area (Å²) in [5.74, 6) is -1.60. The average Bonchev–Trinajstić information content (AvgIpc) is 2.41. The lowest BCUT2D eigenvalue weighted by atomic mass is 9.91. The molecule has 0 atom stereocenters. The van der Waals surface area contributed by atoms with Gasteiger partial charge in [-0.15, -0.1) is 0 Å². The molecule has 0 aliphatic heterocycles. The number of ketones is 2. The lowest BCUT2D eigenvalue weighted by molar-refractivity contribution is -0.138. The number of carbonyl (C=O) groups is 3. The first-order valence-corrected chi connectivity index (χ1v) is 7.50. The van der Waals surface area contributed by atoms with E-state index in [9.17, 15) is 14.4 Å². The van der Waals surface area contributed by atoms with Gasteiger partial charge in [-0.3, -0.25) is 9.59 Å². The lowest BCUT2D eigenvalue weighted by Crippen LogP contribution is -2.25. The molecular formula is C13H14Br2O4. The van der Waals surface area contributed by atoms with Gasteiger partial charge in [-0.05, 0) is 44.7 Å². The van der Waals surface area contributed by atoms with E-state index in [1.165, 1.54) is 7.11 Å². The van der Waals surface area contributed by atoms with Crippen LogP contribution in [0, 0.1) is 0 Å². The summed E-state index contributed by atoms with van der Waals surface area (Å²) < 4.78 is 4.83. The molecule has 0 heterocycles. The van der Waals surface area contributed by atoms with Crippen LogP contribution >= 0.6 is 31.9 Å². The molecule has 4 nitrogen and oxygen atoms in total. The summed E-state index contributed by atoms with van der Waals surface area (Å²) >= 11 is 6.11. The highest BCUT2D eigenvalue weighted by Gasteiger charge is 2.36. The average molecular weight is 394 g/mol. The zero-order valence-corrected chi connectivity index (χ0v) is 13.9. The molecule has 0 fully saturated rings. The van der Waals surface area contributed by atoms with Gasteiger partial charge in [0.2, 0.25) is 5.78 Å². The van der Waals surface area contributed by atoms with Crippen molar-refractivity contribution in [2.45, 2.75) is 32.6 Å². The highest BCUT2D eigenvalue weighted by Crippen LogP contribution is 2.34. The van der Waals surface area contributed by atoms with Crippen LogP contribution in [0.3, 0.4) is 0 Å². The third-order valence-corrected chi connectivity index (χ3v) is 4.86. The van der Waals surface area contributed by atoms with Crippen molar-refractivity contribution in [2.24, 2.45) is 0 Å². The van der Waals surface area contributed by atoms with Crippen LogP contribution < -0.4 is 0 Å². The van der Waals surface area contributed by atoms with E-state index in [1.807, 2.05) is 6.92 Å². The van der Waals surface area contributed by atoms with Gasteiger partial charge in [0, 0.05) is 5.57 Å². The number of carbonyl (C=O) groups excluding carboxylic acids is 3. The summed E-state index contributed by atoms with van der Waals surface area (Å²) in [6.07, 6.45) is 3.08. The molecule has 0 unspecified atom stereocenters. The number of ether oxygens (including phenoxy) is 1. The van der Waals surface area contributed by atoms with E-state index in [4.69, 9.17) is 0 Å². The Morgan fingerprint density at radius 1 is 1.11 bits per heavy atom. The minimum atomic E-state index is -0.762. The maximum Gasteiger partial charge on any atom is 0.342 e. The highest BCUT2D eigenvalue weighted by molar-refractivity contribution is 9.14. The second-order valence-electron chi connectivity index (χ2n) is 4.09. The maximum atomic E-state index is 12.2. The van der Waals surface area contributed by atoms with Crippen LogP contribution in [-0.2, 0) is 19.1 Å². The van der Waals surface area contributed by atoms with Gasteiger partial charge in [0.15, 0.2) is 5.78 Å². The molecule has 1 aliphatic rings. The number of halogens is 2. The first kappa shape index (κ1) is 16.3. The van der Waals surface area contributed by atoms with Crippen LogP contribution in [0.2, 0.25) is 0 Å². The molecule has 0 bridgehead atoms. The van der Waals surface area contributed by atoms with Gasteiger partial charge in [-0.1, -0.05) is 19.8 Å². The van der Waals surface area contributed by atoms with Crippen molar-refractivity contribution in [3.63, 3.8) is 0 Å². The van der Waals surface area contributed by atoms with Crippen LogP contribution in [0.5, 0.6) is 0 Å². The zero-order chi connectivity index (χ0) is 14.6. The normalized spacial score (nSPS) is 16.2. The van der Waals surface area contributed by atoms with Crippen LogP contribution in [-0.4, -0.2) is 24.6 Å². The van der Waals surface area contributed by atoms with Crippen molar-refractivity contribution < 1.29 is 19.1 Å². The Morgan fingerprint density at radius 2 is 1.68 bits per heavy atom. The van der Waals surface area contributed by atoms with E-state index in [0.717, 1.165) is 19.3 Å². The topological polar surface area (TPSA) is 60.4 Å². The fourth-order valence-electron chi connectivity index (χ4n) is 1.80. The number of unbranched alkanes of at least 4 members (excludes halogenated alkanes) is 2. The second-order valence-corrected chi connectivity index (χ2v) is 5.67. The van der Waals surface area contributed by atoms with Crippen molar-refractivity contribution in [1.82, 2.24) is 0 Å². The Labute approximate surface area is 128 Å². The summed E-state index contributed by atoms with van der Waals surface area (Å²) in [6.45, 7) is 2.04. The molecule has 0 spiro atoms. The summed E-state index contributed by atoms with van der Waals surface area (Å²) in [5.41, 5.74) is 0.0825. The Bertz CT molecular complexity index is 489. The number of methoxy groups -OCH3 is 1. The van der Waals surface area contributed by atoms with Crippen LogP contribution in [0.4, 0.5) is 0 Å². The Hall–Kier alpha value is -0.750. The monoisotopic (exact) mass is 392 g/mol. The molecule has 0 aromatic heterocycles. The minimum Gasteiger partial charge on any atom is -0.465 e. The number of esters is 1. The number of hydrogen-bond acceptors (Lipinski definition) is 4. The predicted molar refractivity (Wildman–Crippen MR) is 78.1 cm³/mol. The van der Waals surface area contributed by atoms with Gasteiger partial charge in [0.25, 0.3) is 0 Å².